The van der Waals surface area contributed by atoms with Gasteiger partial charge >= 0.3 is 6.03 Å². The van der Waals surface area contributed by atoms with E-state index in [4.69, 9.17) is 0 Å². The number of hydrogen-bond donors (Lipinski definition) is 2. The van der Waals surface area contributed by atoms with Crippen molar-refractivity contribution in [3.8, 4) is 11.1 Å². The lowest BCUT2D eigenvalue weighted by atomic mass is 10.1. The number of rotatable bonds is 2. The summed E-state index contributed by atoms with van der Waals surface area (Å²) in [5.74, 6) is 0.349. The number of benzene rings is 1. The second-order valence-electron chi connectivity index (χ2n) is 6.06. The van der Waals surface area contributed by atoms with Gasteiger partial charge in [0.1, 0.15) is 5.82 Å². The molecule has 2 N–H and O–H groups in total. The molecule has 3 atom stereocenters. The van der Waals surface area contributed by atoms with Crippen molar-refractivity contribution in [2.45, 2.75) is 24.9 Å². The number of aromatic nitrogens is 2. The third kappa shape index (κ3) is 2.29. The average Bonchev–Trinajstić information content (AvgIpc) is 3.24. The van der Waals surface area contributed by atoms with E-state index in [9.17, 15) is 9.18 Å². The molecule has 1 saturated carbocycles. The molecular weight excluding hydrogens is 283 g/mol. The number of amides is 1. The van der Waals surface area contributed by atoms with Gasteiger partial charge in [-0.2, -0.15) is 9.78 Å². The zero-order valence-electron chi connectivity index (χ0n) is 12.0. The van der Waals surface area contributed by atoms with Gasteiger partial charge < -0.3 is 10.6 Å². The van der Waals surface area contributed by atoms with Gasteiger partial charge in [0.2, 0.25) is 0 Å². The molecule has 1 saturated heterocycles. The first-order valence-electron chi connectivity index (χ1n) is 7.54. The maximum absolute atomic E-state index is 13.8. The number of hydrogen-bond acceptors (Lipinski definition) is 3. The highest BCUT2D eigenvalue weighted by atomic mass is 19.1. The van der Waals surface area contributed by atoms with E-state index in [1.165, 1.54) is 16.9 Å². The number of carbonyl (C=O) groups excluding carboxylic acids is 1. The quantitative estimate of drug-likeness (QED) is 0.892. The maximum atomic E-state index is 13.8. The molecular formula is C16H17FN4O. The van der Waals surface area contributed by atoms with Crippen LogP contribution in [0, 0.1) is 11.7 Å². The fraction of sp³-hybridized carbons (Fsp3) is 0.375. The summed E-state index contributed by atoms with van der Waals surface area (Å²) in [6.45, 7) is 1.05. The number of nitrogens with zero attached hydrogens (tertiary/aromatic N) is 2. The van der Waals surface area contributed by atoms with E-state index in [0.717, 1.165) is 19.4 Å². The lowest BCUT2D eigenvalue weighted by Gasteiger charge is -2.23. The van der Waals surface area contributed by atoms with Crippen molar-refractivity contribution in [2.24, 2.45) is 5.92 Å². The standard InChI is InChI=1S/C16H17FN4O/c17-13-4-2-1-3-12(13)11-8-19-21(9-11)16(22)20-15-6-10-5-14(15)18-7-10/h1-4,8-10,14-15,18H,5-7H2,(H,20,22). The molecule has 2 heterocycles. The fourth-order valence-corrected chi connectivity index (χ4v) is 3.51. The van der Waals surface area contributed by atoms with Crippen LogP contribution in [0.5, 0.6) is 0 Å². The summed E-state index contributed by atoms with van der Waals surface area (Å²) in [7, 11) is 0. The molecule has 2 bridgehead atoms. The molecule has 2 fully saturated rings. The number of piperidine rings is 1. The molecule has 5 nitrogen and oxygen atoms in total. The summed E-state index contributed by atoms with van der Waals surface area (Å²) >= 11 is 0. The summed E-state index contributed by atoms with van der Waals surface area (Å²) in [6.07, 6.45) is 5.22. The summed E-state index contributed by atoms with van der Waals surface area (Å²) in [6, 6.07) is 6.74. The van der Waals surface area contributed by atoms with Gasteiger partial charge in [-0.05, 0) is 31.4 Å². The normalized spacial score (nSPS) is 26.3. The third-order valence-corrected chi connectivity index (χ3v) is 4.61. The van der Waals surface area contributed by atoms with Crippen molar-refractivity contribution >= 4 is 6.03 Å². The van der Waals surface area contributed by atoms with E-state index in [1.54, 1.807) is 24.4 Å². The minimum absolute atomic E-state index is 0.160. The van der Waals surface area contributed by atoms with Gasteiger partial charge in [-0.1, -0.05) is 18.2 Å². The SMILES string of the molecule is O=C(NC1CC2CNC1C2)n1cc(-c2ccccc2F)cn1. The zero-order valence-corrected chi connectivity index (χ0v) is 12.0. The van der Waals surface area contributed by atoms with Gasteiger partial charge in [0.05, 0.1) is 6.20 Å². The van der Waals surface area contributed by atoms with Crippen LogP contribution in [0.2, 0.25) is 0 Å². The van der Waals surface area contributed by atoms with Gasteiger partial charge in [0.25, 0.3) is 0 Å². The predicted molar refractivity (Wildman–Crippen MR) is 79.9 cm³/mol. The molecule has 2 aliphatic rings. The minimum atomic E-state index is -0.320. The monoisotopic (exact) mass is 300 g/mol. The first-order valence-corrected chi connectivity index (χ1v) is 7.54. The molecule has 1 aromatic heterocycles. The van der Waals surface area contributed by atoms with E-state index in [1.807, 2.05) is 0 Å². The smallest absolute Gasteiger partial charge is 0.332 e. The number of halogens is 1. The Morgan fingerprint density at radius 1 is 1.36 bits per heavy atom. The fourth-order valence-electron chi connectivity index (χ4n) is 3.51. The molecule has 114 valence electrons. The summed E-state index contributed by atoms with van der Waals surface area (Å²) in [4.78, 5) is 12.3. The lowest BCUT2D eigenvalue weighted by Crippen LogP contribution is -2.49. The van der Waals surface area contributed by atoms with Gasteiger partial charge in [-0.25, -0.2) is 9.18 Å². The van der Waals surface area contributed by atoms with Gasteiger partial charge in [-0.3, -0.25) is 0 Å². The Hall–Kier alpha value is -2.21. The second-order valence-corrected chi connectivity index (χ2v) is 6.06. The molecule has 4 rings (SSSR count). The van der Waals surface area contributed by atoms with Crippen LogP contribution in [-0.2, 0) is 0 Å². The molecule has 1 aromatic carbocycles. The Kier molecular flexibility index (Phi) is 3.18. The highest BCUT2D eigenvalue weighted by Crippen LogP contribution is 2.31. The van der Waals surface area contributed by atoms with Crippen molar-refractivity contribution in [1.82, 2.24) is 20.4 Å². The number of fused-ring (bicyclic) bond motifs is 2. The van der Waals surface area contributed by atoms with Crippen LogP contribution in [0.4, 0.5) is 9.18 Å². The minimum Gasteiger partial charge on any atom is -0.332 e. The number of nitrogens with one attached hydrogen (secondary N) is 2. The van der Waals surface area contributed by atoms with E-state index >= 15 is 0 Å². The number of carbonyl (C=O) groups is 1. The van der Waals surface area contributed by atoms with Crippen molar-refractivity contribution in [1.29, 1.82) is 0 Å². The van der Waals surface area contributed by atoms with Crippen LogP contribution < -0.4 is 10.6 Å². The molecule has 6 heteroatoms. The largest absolute Gasteiger partial charge is 0.342 e. The molecule has 1 aliphatic heterocycles. The summed E-state index contributed by atoms with van der Waals surface area (Å²) in [5, 5.41) is 10.5. The molecule has 3 unspecified atom stereocenters. The third-order valence-electron chi connectivity index (χ3n) is 4.61. The predicted octanol–water partition coefficient (Wildman–Crippen LogP) is 2.00. The van der Waals surface area contributed by atoms with Crippen molar-refractivity contribution in [3.63, 3.8) is 0 Å². The van der Waals surface area contributed by atoms with Gasteiger partial charge in [0.15, 0.2) is 0 Å². The van der Waals surface area contributed by atoms with Crippen molar-refractivity contribution < 1.29 is 9.18 Å². The van der Waals surface area contributed by atoms with Crippen LogP contribution >= 0.6 is 0 Å². The molecule has 22 heavy (non-hydrogen) atoms. The van der Waals surface area contributed by atoms with Crippen molar-refractivity contribution in [2.75, 3.05) is 6.54 Å². The highest BCUT2D eigenvalue weighted by Gasteiger charge is 2.40. The summed E-state index contributed by atoms with van der Waals surface area (Å²) < 4.78 is 15.0. The maximum Gasteiger partial charge on any atom is 0.342 e. The Bertz CT molecular complexity index is 714. The molecule has 1 amide bonds. The van der Waals surface area contributed by atoms with Gasteiger partial charge in [-0.15, -0.1) is 0 Å². The van der Waals surface area contributed by atoms with Crippen LogP contribution in [0.1, 0.15) is 12.8 Å². The van der Waals surface area contributed by atoms with Crippen LogP contribution in [-0.4, -0.2) is 34.4 Å². The Labute approximate surface area is 127 Å². The Balaban J connectivity index is 1.49. The van der Waals surface area contributed by atoms with Crippen LogP contribution in [0.25, 0.3) is 11.1 Å². The molecule has 0 spiro atoms. The first-order chi connectivity index (χ1) is 10.7. The molecule has 0 radical (unpaired) electrons. The first kappa shape index (κ1) is 13.5. The Morgan fingerprint density at radius 2 is 2.23 bits per heavy atom. The van der Waals surface area contributed by atoms with E-state index in [2.05, 4.69) is 15.7 Å². The second kappa shape index (κ2) is 5.21. The topological polar surface area (TPSA) is 59.0 Å². The van der Waals surface area contributed by atoms with Crippen molar-refractivity contribution in [3.05, 3.63) is 42.5 Å². The van der Waals surface area contributed by atoms with E-state index in [-0.39, 0.29) is 17.9 Å². The summed E-state index contributed by atoms with van der Waals surface area (Å²) in [5.41, 5.74) is 1.04. The van der Waals surface area contributed by atoms with E-state index in [0.29, 0.717) is 23.1 Å². The zero-order chi connectivity index (χ0) is 15.1. The van der Waals surface area contributed by atoms with Gasteiger partial charge in [0, 0.05) is 29.4 Å². The molecule has 1 aliphatic carbocycles. The molecule has 2 aromatic rings. The lowest BCUT2D eigenvalue weighted by molar-refractivity contribution is 0.231. The average molecular weight is 300 g/mol. The van der Waals surface area contributed by atoms with E-state index < -0.39 is 0 Å². The van der Waals surface area contributed by atoms with Crippen LogP contribution in [0.15, 0.2) is 36.7 Å². The Morgan fingerprint density at radius 3 is 2.95 bits per heavy atom. The van der Waals surface area contributed by atoms with Crippen LogP contribution in [0.3, 0.4) is 0 Å². The highest BCUT2D eigenvalue weighted by molar-refractivity contribution is 5.78.